The molecule has 0 bridgehead atoms. The zero-order chi connectivity index (χ0) is 38.6. The lowest BCUT2D eigenvalue weighted by Gasteiger charge is -2.30. The molecule has 11 rings (SSSR count). The van der Waals surface area contributed by atoms with Crippen LogP contribution in [0.1, 0.15) is 33.9 Å². The van der Waals surface area contributed by atoms with Gasteiger partial charge in [-0.25, -0.2) is 9.97 Å². The molecule has 8 aromatic rings. The van der Waals surface area contributed by atoms with Gasteiger partial charge in [0.15, 0.2) is 5.82 Å². The first-order valence-corrected chi connectivity index (χ1v) is 19.9. The van der Waals surface area contributed by atoms with E-state index in [9.17, 15) is 0 Å². The first kappa shape index (κ1) is 33.8. The Labute approximate surface area is 337 Å². The standard InChI is InChI=1S/C55H37N3/c1-36-13-12-21-48-45(36)29-26-42-33-40(24-30-46(42)48)41-25-31-47-43(34-41)27-32-53-54(47)49-20-10-11-22-52(49)58(53)44-19-9-8-16-38(23-28-44)51-35-50(37-14-4-2-5-15-37)56-55(57-51)39-17-6-3-7-18-39/h2-15,17-18,20-35,42,46H,1H3. The summed E-state index contributed by atoms with van der Waals surface area (Å²) in [6.45, 7) is 2.21. The molecular formula is C55H37N3. The molecule has 0 fully saturated rings. The largest absolute Gasteiger partial charge is 0.302 e. The highest BCUT2D eigenvalue weighted by Crippen LogP contribution is 2.43. The summed E-state index contributed by atoms with van der Waals surface area (Å²) in [5.74, 6) is 1.40. The summed E-state index contributed by atoms with van der Waals surface area (Å²) in [7, 11) is 0. The number of nitrogens with zero attached hydrogens (tertiary/aromatic N) is 3. The van der Waals surface area contributed by atoms with Crippen LogP contribution in [0.15, 0.2) is 200 Å². The van der Waals surface area contributed by atoms with E-state index in [-0.39, 0.29) is 0 Å². The van der Waals surface area contributed by atoms with Crippen LogP contribution in [0, 0.1) is 12.8 Å². The highest BCUT2D eigenvalue weighted by molar-refractivity contribution is 6.22. The van der Waals surface area contributed by atoms with E-state index in [1.165, 1.54) is 49.4 Å². The summed E-state index contributed by atoms with van der Waals surface area (Å²) in [4.78, 5) is 10.1. The summed E-state index contributed by atoms with van der Waals surface area (Å²) < 4.78 is 2.33. The number of hydrogen-bond acceptors (Lipinski definition) is 2. The number of allylic oxidation sites excluding steroid dienone is 9. The molecule has 3 heteroatoms. The van der Waals surface area contributed by atoms with Crippen LogP contribution in [0.2, 0.25) is 0 Å². The van der Waals surface area contributed by atoms with Crippen LogP contribution in [0.5, 0.6) is 0 Å². The lowest BCUT2D eigenvalue weighted by molar-refractivity contribution is 0.694. The Morgan fingerprint density at radius 2 is 1.36 bits per heavy atom. The quantitative estimate of drug-likeness (QED) is 0.165. The second-order valence-electron chi connectivity index (χ2n) is 15.2. The van der Waals surface area contributed by atoms with Crippen LogP contribution in [0.25, 0.3) is 78.1 Å². The van der Waals surface area contributed by atoms with Crippen LogP contribution in [-0.2, 0) is 0 Å². The van der Waals surface area contributed by atoms with Crippen molar-refractivity contribution in [3.05, 3.63) is 228 Å². The van der Waals surface area contributed by atoms with Gasteiger partial charge in [0, 0.05) is 39.3 Å². The molecule has 3 aliphatic carbocycles. The average Bonchev–Trinajstić information content (AvgIpc) is 3.61. The Bertz CT molecular complexity index is 3190. The minimum atomic E-state index is 0.347. The minimum absolute atomic E-state index is 0.347. The van der Waals surface area contributed by atoms with Crippen molar-refractivity contribution in [3.63, 3.8) is 0 Å². The fourth-order valence-corrected chi connectivity index (χ4v) is 8.92. The van der Waals surface area contributed by atoms with Gasteiger partial charge in [-0.3, -0.25) is 0 Å². The predicted octanol–water partition coefficient (Wildman–Crippen LogP) is 13.6. The molecule has 0 spiro atoms. The monoisotopic (exact) mass is 739 g/mol. The molecule has 6 aromatic carbocycles. The van der Waals surface area contributed by atoms with Crippen LogP contribution in [0.3, 0.4) is 0 Å². The van der Waals surface area contributed by atoms with E-state index >= 15 is 0 Å². The molecular weight excluding hydrogens is 703 g/mol. The molecule has 2 unspecified atom stereocenters. The van der Waals surface area contributed by atoms with E-state index in [4.69, 9.17) is 9.97 Å². The SMILES string of the molecule is Cc1cccc2c1C=CC1C=C(c3ccc4c(ccc5c4c4ccccc4n5C4=C=CC=C=C(c5cc(-c6ccccc6)nc(-c6ccccc6)n5)C=C4)c3)C=CC21. The molecule has 2 heterocycles. The third-order valence-corrected chi connectivity index (χ3v) is 11.8. The van der Waals surface area contributed by atoms with E-state index in [1.54, 1.807) is 0 Å². The van der Waals surface area contributed by atoms with Gasteiger partial charge in [0.25, 0.3) is 0 Å². The maximum Gasteiger partial charge on any atom is 0.160 e. The van der Waals surface area contributed by atoms with E-state index < -0.39 is 0 Å². The predicted molar refractivity (Wildman–Crippen MR) is 242 cm³/mol. The molecule has 58 heavy (non-hydrogen) atoms. The zero-order valence-electron chi connectivity index (χ0n) is 32.0. The number of benzene rings is 6. The third kappa shape index (κ3) is 5.78. The van der Waals surface area contributed by atoms with Gasteiger partial charge < -0.3 is 4.57 Å². The maximum atomic E-state index is 5.08. The number of para-hydroxylation sites is 1. The van der Waals surface area contributed by atoms with E-state index in [0.29, 0.717) is 17.7 Å². The molecule has 0 aliphatic heterocycles. The maximum absolute atomic E-state index is 5.08. The molecule has 0 N–H and O–H groups in total. The second-order valence-corrected chi connectivity index (χ2v) is 15.2. The Balaban J connectivity index is 0.977. The van der Waals surface area contributed by atoms with Crippen LogP contribution >= 0.6 is 0 Å². The first-order valence-electron chi connectivity index (χ1n) is 19.9. The molecule has 0 saturated heterocycles. The summed E-state index contributed by atoms with van der Waals surface area (Å²) in [5.41, 5.74) is 21.4. The van der Waals surface area contributed by atoms with Gasteiger partial charge in [0.05, 0.1) is 28.1 Å². The van der Waals surface area contributed by atoms with Gasteiger partial charge in [-0.1, -0.05) is 151 Å². The van der Waals surface area contributed by atoms with Crippen LogP contribution < -0.4 is 0 Å². The second kappa shape index (κ2) is 13.9. The molecule has 2 atom stereocenters. The van der Waals surface area contributed by atoms with Gasteiger partial charge >= 0.3 is 0 Å². The number of fused-ring (bicyclic) bond motifs is 8. The van der Waals surface area contributed by atoms with E-state index in [0.717, 1.165) is 44.8 Å². The minimum Gasteiger partial charge on any atom is -0.302 e. The lowest BCUT2D eigenvalue weighted by atomic mass is 9.74. The molecule has 3 nitrogen and oxygen atoms in total. The highest BCUT2D eigenvalue weighted by Gasteiger charge is 2.26. The van der Waals surface area contributed by atoms with E-state index in [2.05, 4.69) is 169 Å². The van der Waals surface area contributed by atoms with Crippen molar-refractivity contribution >= 4 is 55.5 Å². The fraction of sp³-hybridized carbons (Fsp3) is 0.0545. The fourth-order valence-electron chi connectivity index (χ4n) is 8.92. The number of rotatable bonds is 5. The third-order valence-electron chi connectivity index (χ3n) is 11.8. The van der Waals surface area contributed by atoms with Crippen molar-refractivity contribution in [3.8, 4) is 22.6 Å². The van der Waals surface area contributed by atoms with Gasteiger partial charge in [0.2, 0.25) is 0 Å². The van der Waals surface area contributed by atoms with Crippen molar-refractivity contribution in [2.75, 3.05) is 0 Å². The van der Waals surface area contributed by atoms with Crippen molar-refractivity contribution < 1.29 is 0 Å². The van der Waals surface area contributed by atoms with Crippen LogP contribution in [-0.4, -0.2) is 14.5 Å². The topological polar surface area (TPSA) is 30.7 Å². The van der Waals surface area contributed by atoms with Crippen molar-refractivity contribution in [1.82, 2.24) is 14.5 Å². The zero-order valence-corrected chi connectivity index (χ0v) is 32.0. The smallest absolute Gasteiger partial charge is 0.160 e. The normalized spacial score (nSPS) is 16.8. The first-order chi connectivity index (χ1) is 28.7. The molecule has 2 aromatic heterocycles. The van der Waals surface area contributed by atoms with E-state index in [1.807, 2.05) is 48.6 Å². The van der Waals surface area contributed by atoms with Gasteiger partial charge in [-0.2, -0.15) is 0 Å². The lowest BCUT2D eigenvalue weighted by Crippen LogP contribution is -2.15. The average molecular weight is 740 g/mol. The Kier molecular flexibility index (Phi) is 8.08. The Morgan fingerprint density at radius 1 is 0.569 bits per heavy atom. The molecule has 272 valence electrons. The number of aryl methyl sites for hydroxylation is 1. The van der Waals surface area contributed by atoms with Gasteiger partial charge in [-0.05, 0) is 94.1 Å². The van der Waals surface area contributed by atoms with Crippen molar-refractivity contribution in [1.29, 1.82) is 0 Å². The van der Waals surface area contributed by atoms with Crippen molar-refractivity contribution in [2.24, 2.45) is 5.92 Å². The molecule has 0 amide bonds. The Hall–Kier alpha value is -7.54. The summed E-state index contributed by atoms with van der Waals surface area (Å²) >= 11 is 0. The number of hydrogen-bond donors (Lipinski definition) is 0. The summed E-state index contributed by atoms with van der Waals surface area (Å²) in [6.07, 6.45) is 20.0. The molecule has 0 radical (unpaired) electrons. The highest BCUT2D eigenvalue weighted by atomic mass is 15.0. The number of aromatic nitrogens is 3. The van der Waals surface area contributed by atoms with Gasteiger partial charge in [0.1, 0.15) is 0 Å². The summed E-state index contributed by atoms with van der Waals surface area (Å²) in [6, 6.07) is 49.4. The summed E-state index contributed by atoms with van der Waals surface area (Å²) in [5, 5.41) is 4.91. The Morgan fingerprint density at radius 3 is 2.24 bits per heavy atom. The van der Waals surface area contributed by atoms with Crippen molar-refractivity contribution in [2.45, 2.75) is 12.8 Å². The molecule has 0 saturated carbocycles. The van der Waals surface area contributed by atoms with Gasteiger partial charge in [-0.15, -0.1) is 5.73 Å². The molecule has 3 aliphatic rings. The van der Waals surface area contributed by atoms with Crippen LogP contribution in [0.4, 0.5) is 0 Å².